The molecule has 3 aromatic rings. The van der Waals surface area contributed by atoms with Crippen molar-refractivity contribution < 1.29 is 4.79 Å². The van der Waals surface area contributed by atoms with Crippen molar-refractivity contribution in [1.29, 1.82) is 0 Å². The first-order chi connectivity index (χ1) is 11.1. The number of rotatable bonds is 5. The third-order valence-corrected chi connectivity index (χ3v) is 5.10. The van der Waals surface area contributed by atoms with Crippen LogP contribution in [0.5, 0.6) is 0 Å². The molecule has 3 nitrogen and oxygen atoms in total. The van der Waals surface area contributed by atoms with Gasteiger partial charge in [-0.25, -0.2) is 0 Å². The predicted octanol–water partition coefficient (Wildman–Crippen LogP) is 4.73. The van der Waals surface area contributed by atoms with Gasteiger partial charge in [-0.1, -0.05) is 36.4 Å². The van der Waals surface area contributed by atoms with E-state index in [-0.39, 0.29) is 5.91 Å². The van der Waals surface area contributed by atoms with Gasteiger partial charge in [0.2, 0.25) is 5.91 Å². The molecular weight excluding hydrogens is 372 g/mol. The minimum Gasteiger partial charge on any atom is -0.324 e. The summed E-state index contributed by atoms with van der Waals surface area (Å²) in [6.07, 6.45) is 0. The molecule has 0 atom stereocenters. The van der Waals surface area contributed by atoms with Gasteiger partial charge in [-0.15, -0.1) is 11.3 Å². The van der Waals surface area contributed by atoms with Gasteiger partial charge in [0.05, 0.1) is 10.3 Å². The summed E-state index contributed by atoms with van der Waals surface area (Å²) in [5.41, 5.74) is 2.07. The van der Waals surface area contributed by atoms with Crippen molar-refractivity contribution in [1.82, 2.24) is 4.90 Å². The van der Waals surface area contributed by atoms with Crippen LogP contribution in [0.4, 0.5) is 5.69 Å². The summed E-state index contributed by atoms with van der Waals surface area (Å²) < 4.78 is 1.11. The number of carbonyl (C=O) groups is 1. The first-order valence-electron chi connectivity index (χ1n) is 7.31. The van der Waals surface area contributed by atoms with E-state index in [9.17, 15) is 4.79 Å². The molecule has 2 aromatic carbocycles. The normalized spacial score (nSPS) is 11.1. The highest BCUT2D eigenvalue weighted by atomic mass is 79.9. The average molecular weight is 389 g/mol. The second-order valence-corrected chi connectivity index (χ2v) is 7.80. The van der Waals surface area contributed by atoms with Crippen molar-refractivity contribution in [2.45, 2.75) is 6.54 Å². The Bertz CT molecular complexity index is 825. The molecule has 1 aromatic heterocycles. The molecule has 3 rings (SSSR count). The largest absolute Gasteiger partial charge is 0.324 e. The summed E-state index contributed by atoms with van der Waals surface area (Å²) in [5, 5.41) is 7.31. The lowest BCUT2D eigenvalue weighted by Crippen LogP contribution is -2.29. The maximum Gasteiger partial charge on any atom is 0.238 e. The molecule has 1 amide bonds. The molecule has 0 fully saturated rings. The molecule has 0 aliphatic heterocycles. The molecule has 0 spiro atoms. The van der Waals surface area contributed by atoms with Crippen molar-refractivity contribution in [2.24, 2.45) is 0 Å². The lowest BCUT2D eigenvalue weighted by Gasteiger charge is -2.16. The summed E-state index contributed by atoms with van der Waals surface area (Å²) in [7, 11) is 1.95. The Labute approximate surface area is 148 Å². The molecule has 1 N–H and O–H groups in total. The van der Waals surface area contributed by atoms with Gasteiger partial charge < -0.3 is 5.32 Å². The van der Waals surface area contributed by atoms with E-state index in [1.165, 1.54) is 5.56 Å². The zero-order valence-electron chi connectivity index (χ0n) is 12.8. The van der Waals surface area contributed by atoms with Crippen LogP contribution in [-0.2, 0) is 11.3 Å². The number of nitrogens with one attached hydrogen (secondary N) is 1. The zero-order chi connectivity index (χ0) is 16.2. The van der Waals surface area contributed by atoms with Gasteiger partial charge in [0, 0.05) is 17.6 Å². The predicted molar refractivity (Wildman–Crippen MR) is 101 cm³/mol. The van der Waals surface area contributed by atoms with Crippen LogP contribution in [-0.4, -0.2) is 24.4 Å². The Hall–Kier alpha value is -1.69. The van der Waals surface area contributed by atoms with Crippen LogP contribution < -0.4 is 5.32 Å². The summed E-state index contributed by atoms with van der Waals surface area (Å²) in [6, 6.07) is 16.1. The second kappa shape index (κ2) is 7.25. The van der Waals surface area contributed by atoms with E-state index in [4.69, 9.17) is 0 Å². The maximum absolute atomic E-state index is 12.3. The van der Waals surface area contributed by atoms with Crippen LogP contribution in [0.2, 0.25) is 0 Å². The third-order valence-electron chi connectivity index (χ3n) is 3.55. The fourth-order valence-corrected chi connectivity index (χ4v) is 3.77. The average Bonchev–Trinajstić information content (AvgIpc) is 2.92. The zero-order valence-corrected chi connectivity index (χ0v) is 15.2. The molecule has 23 heavy (non-hydrogen) atoms. The molecule has 1 heterocycles. The number of thiophene rings is 1. The summed E-state index contributed by atoms with van der Waals surface area (Å²) in [6.45, 7) is 1.11. The van der Waals surface area contributed by atoms with Crippen LogP contribution in [0.25, 0.3) is 10.8 Å². The van der Waals surface area contributed by atoms with E-state index in [1.807, 2.05) is 54.4 Å². The Balaban J connectivity index is 1.64. The van der Waals surface area contributed by atoms with E-state index in [0.29, 0.717) is 6.54 Å². The van der Waals surface area contributed by atoms with E-state index >= 15 is 0 Å². The van der Waals surface area contributed by atoms with Crippen molar-refractivity contribution in [3.8, 4) is 0 Å². The first kappa shape index (κ1) is 16.2. The first-order valence-corrected chi connectivity index (χ1v) is 8.98. The Morgan fingerprint density at radius 2 is 2.00 bits per heavy atom. The smallest absolute Gasteiger partial charge is 0.238 e. The summed E-state index contributed by atoms with van der Waals surface area (Å²) >= 11 is 5.12. The van der Waals surface area contributed by atoms with Gasteiger partial charge in [-0.2, -0.15) is 0 Å². The summed E-state index contributed by atoms with van der Waals surface area (Å²) in [5.74, 6) is -0.00171. The number of benzene rings is 2. The molecule has 0 saturated heterocycles. The van der Waals surface area contributed by atoms with E-state index in [2.05, 4.69) is 32.7 Å². The number of anilines is 1. The van der Waals surface area contributed by atoms with E-state index < -0.39 is 0 Å². The molecule has 118 valence electrons. The van der Waals surface area contributed by atoms with E-state index in [1.54, 1.807) is 11.3 Å². The number of fused-ring (bicyclic) bond motifs is 1. The number of hydrogen-bond acceptors (Lipinski definition) is 3. The van der Waals surface area contributed by atoms with Crippen molar-refractivity contribution in [3.63, 3.8) is 0 Å². The van der Waals surface area contributed by atoms with Crippen molar-refractivity contribution in [2.75, 3.05) is 18.9 Å². The molecule has 0 saturated carbocycles. The van der Waals surface area contributed by atoms with Crippen LogP contribution in [0, 0.1) is 0 Å². The van der Waals surface area contributed by atoms with Gasteiger partial charge in [0.1, 0.15) is 0 Å². The fourth-order valence-electron chi connectivity index (χ4n) is 2.57. The minimum absolute atomic E-state index is 0.00171. The number of hydrogen-bond donors (Lipinski definition) is 1. The number of halogens is 1. The molecule has 0 aliphatic rings. The molecular formula is C18H17BrN2OS. The molecule has 0 radical (unpaired) electrons. The lowest BCUT2D eigenvalue weighted by atomic mass is 10.1. The number of carbonyl (C=O) groups excluding carboxylic acids is 1. The van der Waals surface area contributed by atoms with E-state index in [0.717, 1.165) is 26.8 Å². The number of nitrogens with zero attached hydrogens (tertiary/aromatic N) is 1. The van der Waals surface area contributed by atoms with Gasteiger partial charge >= 0.3 is 0 Å². The Morgan fingerprint density at radius 3 is 2.78 bits per heavy atom. The SMILES string of the molecule is CN(CC(=O)Nc1cccc2ccccc12)Cc1csc(Br)c1. The number of amides is 1. The molecule has 5 heteroatoms. The van der Waals surface area contributed by atoms with Gasteiger partial charge in [0.15, 0.2) is 0 Å². The molecule has 0 unspecified atom stereocenters. The quantitative estimate of drug-likeness (QED) is 0.684. The highest BCUT2D eigenvalue weighted by Crippen LogP contribution is 2.23. The molecule has 0 aliphatic carbocycles. The maximum atomic E-state index is 12.3. The highest BCUT2D eigenvalue weighted by molar-refractivity contribution is 9.11. The third kappa shape index (κ3) is 4.19. The lowest BCUT2D eigenvalue weighted by molar-refractivity contribution is -0.117. The van der Waals surface area contributed by atoms with Gasteiger partial charge in [-0.05, 0) is 51.4 Å². The Morgan fingerprint density at radius 1 is 1.22 bits per heavy atom. The van der Waals surface area contributed by atoms with Crippen LogP contribution >= 0.6 is 27.3 Å². The topological polar surface area (TPSA) is 32.3 Å². The monoisotopic (exact) mass is 388 g/mol. The van der Waals surface area contributed by atoms with Gasteiger partial charge in [-0.3, -0.25) is 9.69 Å². The highest BCUT2D eigenvalue weighted by Gasteiger charge is 2.10. The second-order valence-electron chi connectivity index (χ2n) is 5.51. The van der Waals surface area contributed by atoms with Gasteiger partial charge in [0.25, 0.3) is 0 Å². The Kier molecular flexibility index (Phi) is 5.10. The van der Waals surface area contributed by atoms with Crippen LogP contribution in [0.1, 0.15) is 5.56 Å². The van der Waals surface area contributed by atoms with Crippen molar-refractivity contribution >= 4 is 49.6 Å². The van der Waals surface area contributed by atoms with Crippen LogP contribution in [0.15, 0.2) is 57.7 Å². The number of likely N-dealkylation sites (N-methyl/N-ethyl adjacent to an activating group) is 1. The van der Waals surface area contributed by atoms with Crippen LogP contribution in [0.3, 0.4) is 0 Å². The standard InChI is InChI=1S/C18H17BrN2OS/c1-21(10-13-9-17(19)23-12-13)11-18(22)20-16-8-4-6-14-5-2-3-7-15(14)16/h2-9,12H,10-11H2,1H3,(H,20,22). The fraction of sp³-hybridized carbons (Fsp3) is 0.167. The minimum atomic E-state index is -0.00171. The van der Waals surface area contributed by atoms with Crippen molar-refractivity contribution in [3.05, 3.63) is 63.3 Å². The molecule has 0 bridgehead atoms. The summed E-state index contributed by atoms with van der Waals surface area (Å²) in [4.78, 5) is 14.3.